The van der Waals surface area contributed by atoms with Crippen molar-refractivity contribution in [1.29, 1.82) is 0 Å². The highest BCUT2D eigenvalue weighted by atomic mass is 16.5. The van der Waals surface area contributed by atoms with Gasteiger partial charge >= 0.3 is 0 Å². The summed E-state index contributed by atoms with van der Waals surface area (Å²) in [6.45, 7) is 8.24. The van der Waals surface area contributed by atoms with Crippen LogP contribution in [-0.4, -0.2) is 40.9 Å². The average Bonchev–Trinajstić information content (AvgIpc) is 2.50. The molecule has 1 aromatic heterocycles. The molecule has 0 fully saturated rings. The molecule has 0 aliphatic heterocycles. The molecule has 3 N–H and O–H groups in total. The van der Waals surface area contributed by atoms with Gasteiger partial charge in [0.1, 0.15) is 18.2 Å². The molecular formula is C15H28N4O2. The Bertz CT molecular complexity index is 375. The van der Waals surface area contributed by atoms with Crippen LogP contribution < -0.4 is 10.6 Å². The molecule has 0 aliphatic carbocycles. The highest BCUT2D eigenvalue weighted by Gasteiger charge is 2.09. The first kappa shape index (κ1) is 17.7. The topological polar surface area (TPSA) is 79.3 Å². The van der Waals surface area contributed by atoms with Gasteiger partial charge in [0, 0.05) is 31.9 Å². The van der Waals surface area contributed by atoms with E-state index < -0.39 is 0 Å². The van der Waals surface area contributed by atoms with Gasteiger partial charge < -0.3 is 20.5 Å². The standard InChI is InChI=1S/C15H28N4O2/c1-4-8-16-13-10-14(17-12(5-2)7-9-20)19-15(18-13)11-21-6-3/h10,12,20H,4-9,11H2,1-3H3,(H2,16,17,18,19). The third-order valence-electron chi connectivity index (χ3n) is 3.09. The van der Waals surface area contributed by atoms with Crippen LogP contribution >= 0.6 is 0 Å². The Morgan fingerprint density at radius 2 is 2.00 bits per heavy atom. The van der Waals surface area contributed by atoms with Gasteiger partial charge in [0.05, 0.1) is 0 Å². The molecule has 0 bridgehead atoms. The Kier molecular flexibility index (Phi) is 8.69. The van der Waals surface area contributed by atoms with Crippen molar-refractivity contribution in [3.05, 3.63) is 11.9 Å². The number of rotatable bonds is 11. The van der Waals surface area contributed by atoms with Gasteiger partial charge in [-0.15, -0.1) is 0 Å². The van der Waals surface area contributed by atoms with E-state index in [9.17, 15) is 0 Å². The second kappa shape index (κ2) is 10.3. The van der Waals surface area contributed by atoms with E-state index in [2.05, 4.69) is 34.4 Å². The van der Waals surface area contributed by atoms with Crippen molar-refractivity contribution in [1.82, 2.24) is 9.97 Å². The third-order valence-corrected chi connectivity index (χ3v) is 3.09. The molecule has 1 atom stereocenters. The molecule has 0 aliphatic rings. The van der Waals surface area contributed by atoms with E-state index in [-0.39, 0.29) is 12.6 Å². The van der Waals surface area contributed by atoms with E-state index in [1.54, 1.807) is 0 Å². The zero-order chi connectivity index (χ0) is 15.5. The molecule has 0 saturated carbocycles. The van der Waals surface area contributed by atoms with E-state index in [1.165, 1.54) is 0 Å². The summed E-state index contributed by atoms with van der Waals surface area (Å²) in [4.78, 5) is 8.93. The summed E-state index contributed by atoms with van der Waals surface area (Å²) in [5.74, 6) is 2.25. The van der Waals surface area contributed by atoms with Gasteiger partial charge in [-0.25, -0.2) is 9.97 Å². The van der Waals surface area contributed by atoms with Crippen LogP contribution in [0.1, 0.15) is 45.9 Å². The fraction of sp³-hybridized carbons (Fsp3) is 0.733. The molecule has 0 aromatic carbocycles. The van der Waals surface area contributed by atoms with Crippen LogP contribution in [0.3, 0.4) is 0 Å². The largest absolute Gasteiger partial charge is 0.396 e. The number of ether oxygens (including phenoxy) is 1. The van der Waals surface area contributed by atoms with E-state index in [0.29, 0.717) is 25.5 Å². The van der Waals surface area contributed by atoms with E-state index >= 15 is 0 Å². The predicted molar refractivity (Wildman–Crippen MR) is 85.5 cm³/mol. The zero-order valence-electron chi connectivity index (χ0n) is 13.4. The number of aliphatic hydroxyl groups excluding tert-OH is 1. The fourth-order valence-electron chi connectivity index (χ4n) is 1.92. The van der Waals surface area contributed by atoms with Gasteiger partial charge in [-0.1, -0.05) is 13.8 Å². The Balaban J connectivity index is 2.83. The molecule has 0 amide bonds. The van der Waals surface area contributed by atoms with Crippen LogP contribution in [0.2, 0.25) is 0 Å². The van der Waals surface area contributed by atoms with Crippen molar-refractivity contribution in [2.24, 2.45) is 0 Å². The maximum absolute atomic E-state index is 9.08. The van der Waals surface area contributed by atoms with Crippen LogP contribution in [0, 0.1) is 0 Å². The fourth-order valence-corrected chi connectivity index (χ4v) is 1.92. The molecule has 6 nitrogen and oxygen atoms in total. The maximum atomic E-state index is 9.08. The number of aromatic nitrogens is 2. The molecule has 120 valence electrons. The summed E-state index contributed by atoms with van der Waals surface area (Å²) in [5, 5.41) is 15.7. The zero-order valence-corrected chi connectivity index (χ0v) is 13.4. The highest BCUT2D eigenvalue weighted by molar-refractivity contribution is 5.48. The quantitative estimate of drug-likeness (QED) is 0.582. The summed E-state index contributed by atoms with van der Waals surface area (Å²) >= 11 is 0. The number of nitrogens with one attached hydrogen (secondary N) is 2. The van der Waals surface area contributed by atoms with Gasteiger partial charge in [-0.2, -0.15) is 0 Å². The van der Waals surface area contributed by atoms with E-state index in [1.807, 2.05) is 13.0 Å². The van der Waals surface area contributed by atoms with Crippen LogP contribution in [0.15, 0.2) is 6.07 Å². The Morgan fingerprint density at radius 3 is 2.62 bits per heavy atom. The lowest BCUT2D eigenvalue weighted by Gasteiger charge is -2.17. The number of nitrogens with zero attached hydrogens (tertiary/aromatic N) is 2. The first-order chi connectivity index (χ1) is 10.2. The van der Waals surface area contributed by atoms with E-state index in [4.69, 9.17) is 9.84 Å². The second-order valence-corrected chi connectivity index (χ2v) is 4.88. The molecule has 0 spiro atoms. The van der Waals surface area contributed by atoms with Gasteiger partial charge in [0.2, 0.25) is 0 Å². The Morgan fingerprint density at radius 1 is 1.24 bits per heavy atom. The third kappa shape index (κ3) is 6.73. The van der Waals surface area contributed by atoms with Crippen molar-refractivity contribution in [3.63, 3.8) is 0 Å². The summed E-state index contributed by atoms with van der Waals surface area (Å²) < 4.78 is 5.39. The SMILES string of the molecule is CCCNc1cc(NC(CC)CCO)nc(COCC)n1. The lowest BCUT2D eigenvalue weighted by molar-refractivity contribution is 0.128. The summed E-state index contributed by atoms with van der Waals surface area (Å²) in [6.07, 6.45) is 2.68. The predicted octanol–water partition coefficient (Wildman–Crippen LogP) is 2.41. The number of anilines is 2. The molecule has 0 saturated heterocycles. The smallest absolute Gasteiger partial charge is 0.158 e. The van der Waals surface area contributed by atoms with Crippen LogP contribution in [0.25, 0.3) is 0 Å². The van der Waals surface area contributed by atoms with Gasteiger partial charge in [0.15, 0.2) is 5.82 Å². The van der Waals surface area contributed by atoms with Crippen LogP contribution in [0.5, 0.6) is 0 Å². The van der Waals surface area contributed by atoms with Crippen molar-refractivity contribution in [2.75, 3.05) is 30.4 Å². The van der Waals surface area contributed by atoms with Crippen molar-refractivity contribution < 1.29 is 9.84 Å². The lowest BCUT2D eigenvalue weighted by Crippen LogP contribution is -2.21. The number of hydrogen-bond donors (Lipinski definition) is 3. The molecule has 1 heterocycles. The Labute approximate surface area is 127 Å². The number of aliphatic hydroxyl groups is 1. The molecule has 21 heavy (non-hydrogen) atoms. The molecule has 0 radical (unpaired) electrons. The van der Waals surface area contributed by atoms with Crippen LogP contribution in [-0.2, 0) is 11.3 Å². The minimum atomic E-state index is 0.170. The highest BCUT2D eigenvalue weighted by Crippen LogP contribution is 2.15. The monoisotopic (exact) mass is 296 g/mol. The summed E-state index contributed by atoms with van der Waals surface area (Å²) in [5.41, 5.74) is 0. The van der Waals surface area contributed by atoms with Crippen molar-refractivity contribution in [3.8, 4) is 0 Å². The molecule has 1 aromatic rings. The maximum Gasteiger partial charge on any atom is 0.158 e. The van der Waals surface area contributed by atoms with Gasteiger partial charge in [-0.05, 0) is 26.2 Å². The van der Waals surface area contributed by atoms with E-state index in [0.717, 1.165) is 31.0 Å². The average molecular weight is 296 g/mol. The van der Waals surface area contributed by atoms with Crippen molar-refractivity contribution >= 4 is 11.6 Å². The van der Waals surface area contributed by atoms with Gasteiger partial charge in [0.25, 0.3) is 0 Å². The molecule has 1 rings (SSSR count). The lowest BCUT2D eigenvalue weighted by atomic mass is 10.1. The Hall–Kier alpha value is -1.40. The van der Waals surface area contributed by atoms with Crippen molar-refractivity contribution in [2.45, 2.75) is 52.7 Å². The second-order valence-electron chi connectivity index (χ2n) is 4.88. The molecule has 1 unspecified atom stereocenters. The minimum absolute atomic E-state index is 0.170. The first-order valence-electron chi connectivity index (χ1n) is 7.80. The summed E-state index contributed by atoms with van der Waals surface area (Å²) in [6, 6.07) is 2.12. The first-order valence-corrected chi connectivity index (χ1v) is 7.80. The van der Waals surface area contributed by atoms with Gasteiger partial charge in [-0.3, -0.25) is 0 Å². The molecule has 6 heteroatoms. The molecular weight excluding hydrogens is 268 g/mol. The number of hydrogen-bond acceptors (Lipinski definition) is 6. The minimum Gasteiger partial charge on any atom is -0.396 e. The summed E-state index contributed by atoms with van der Waals surface area (Å²) in [7, 11) is 0. The van der Waals surface area contributed by atoms with Crippen LogP contribution in [0.4, 0.5) is 11.6 Å². The normalized spacial score (nSPS) is 12.2.